The van der Waals surface area contributed by atoms with Gasteiger partial charge >= 0.3 is 11.9 Å². The summed E-state index contributed by atoms with van der Waals surface area (Å²) in [7, 11) is 0. The Morgan fingerprint density at radius 2 is 1.76 bits per heavy atom. The number of esters is 2. The van der Waals surface area contributed by atoms with Crippen LogP contribution in [0.1, 0.15) is 59.3 Å². The summed E-state index contributed by atoms with van der Waals surface area (Å²) in [6, 6.07) is 0. The molecule has 3 nitrogen and oxygen atoms in total. The molecule has 0 fully saturated rings. The Morgan fingerprint density at radius 1 is 1.10 bits per heavy atom. The molecule has 0 aliphatic heterocycles. The molecule has 3 heteroatoms. The van der Waals surface area contributed by atoms with Gasteiger partial charge in [-0.3, -0.25) is 4.79 Å². The zero-order chi connectivity index (χ0) is 15.5. The summed E-state index contributed by atoms with van der Waals surface area (Å²) in [4.78, 5) is 24.3. The van der Waals surface area contributed by atoms with Gasteiger partial charge in [0, 0.05) is 0 Å². The van der Waals surface area contributed by atoms with Crippen LogP contribution >= 0.6 is 0 Å². The van der Waals surface area contributed by atoms with E-state index in [1.54, 1.807) is 20.8 Å². The van der Waals surface area contributed by atoms with E-state index >= 15 is 0 Å². The predicted octanol–water partition coefficient (Wildman–Crippen LogP) is 4.25. The van der Waals surface area contributed by atoms with Crippen LogP contribution in [-0.2, 0) is 14.3 Å². The molecule has 0 saturated carbocycles. The molecule has 0 N–H and O–H groups in total. The van der Waals surface area contributed by atoms with E-state index in [-0.39, 0.29) is 0 Å². The van der Waals surface area contributed by atoms with Gasteiger partial charge in [-0.1, -0.05) is 17.7 Å². The average molecular weight is 288 g/mol. The van der Waals surface area contributed by atoms with Gasteiger partial charge in [0.25, 0.3) is 0 Å². The van der Waals surface area contributed by atoms with Crippen LogP contribution in [0.25, 0.3) is 0 Å². The minimum absolute atomic E-state index is 0.475. The van der Waals surface area contributed by atoms with Crippen molar-refractivity contribution in [3.05, 3.63) is 34.9 Å². The van der Waals surface area contributed by atoms with Gasteiger partial charge in [0.05, 0.1) is 11.0 Å². The highest BCUT2D eigenvalue weighted by atomic mass is 16.6. The van der Waals surface area contributed by atoms with Gasteiger partial charge in [0.15, 0.2) is 0 Å². The molecule has 2 aliphatic carbocycles. The minimum atomic E-state index is -0.669. The van der Waals surface area contributed by atoms with Crippen molar-refractivity contribution in [3.63, 3.8) is 0 Å². The van der Waals surface area contributed by atoms with Gasteiger partial charge in [0.2, 0.25) is 0 Å². The fraction of sp³-hybridized carbons (Fsp3) is 0.556. The van der Waals surface area contributed by atoms with Crippen LogP contribution in [0.3, 0.4) is 0 Å². The molecule has 0 aromatic carbocycles. The average Bonchev–Trinajstić information content (AvgIpc) is 3.07. The van der Waals surface area contributed by atoms with Gasteiger partial charge in [0.1, 0.15) is 0 Å². The third-order valence-corrected chi connectivity index (χ3v) is 3.81. The van der Waals surface area contributed by atoms with Gasteiger partial charge in [-0.25, -0.2) is 4.79 Å². The van der Waals surface area contributed by atoms with Crippen molar-refractivity contribution < 1.29 is 14.3 Å². The molecule has 0 spiro atoms. The number of hydrogen-bond acceptors (Lipinski definition) is 3. The molecule has 0 amide bonds. The Bertz CT molecular complexity index is 527. The Labute approximate surface area is 126 Å². The van der Waals surface area contributed by atoms with E-state index in [9.17, 15) is 9.59 Å². The molecule has 114 valence electrons. The zero-order valence-corrected chi connectivity index (χ0v) is 13.2. The van der Waals surface area contributed by atoms with E-state index in [0.29, 0.717) is 5.57 Å². The van der Waals surface area contributed by atoms with Gasteiger partial charge < -0.3 is 4.74 Å². The molecule has 0 radical (unpaired) electrons. The van der Waals surface area contributed by atoms with Gasteiger partial charge in [-0.2, -0.15) is 0 Å². The highest BCUT2D eigenvalue weighted by Crippen LogP contribution is 2.29. The standard InChI is InChI=1S/C18H24O3/c1-18(2,3)17(20)21-16(19)15(14-10-6-7-11-14)12-13-8-4-5-9-13/h8,10,12H,4-7,9,11H2,1-3H3. The van der Waals surface area contributed by atoms with Crippen molar-refractivity contribution in [2.75, 3.05) is 0 Å². The van der Waals surface area contributed by atoms with Crippen LogP contribution in [0.4, 0.5) is 0 Å². The second-order valence-corrected chi connectivity index (χ2v) is 6.78. The summed E-state index contributed by atoms with van der Waals surface area (Å²) in [6.07, 6.45) is 12.3. The maximum Gasteiger partial charge on any atom is 0.346 e. The largest absolute Gasteiger partial charge is 0.389 e. The van der Waals surface area contributed by atoms with Crippen molar-refractivity contribution in [1.82, 2.24) is 0 Å². The van der Waals surface area contributed by atoms with Crippen LogP contribution in [0.5, 0.6) is 0 Å². The Morgan fingerprint density at radius 3 is 2.29 bits per heavy atom. The summed E-state index contributed by atoms with van der Waals surface area (Å²) in [5, 5.41) is 0. The first-order chi connectivity index (χ1) is 9.88. The lowest BCUT2D eigenvalue weighted by molar-refractivity contribution is -0.163. The van der Waals surface area contributed by atoms with E-state index in [4.69, 9.17) is 4.74 Å². The number of allylic oxidation sites excluding steroid dienone is 4. The zero-order valence-electron chi connectivity index (χ0n) is 13.2. The molecule has 0 saturated heterocycles. The fourth-order valence-electron chi connectivity index (χ4n) is 2.50. The lowest BCUT2D eigenvalue weighted by Crippen LogP contribution is -2.26. The monoisotopic (exact) mass is 288 g/mol. The van der Waals surface area contributed by atoms with Crippen LogP contribution in [-0.4, -0.2) is 11.9 Å². The highest BCUT2D eigenvalue weighted by Gasteiger charge is 2.28. The van der Waals surface area contributed by atoms with Crippen molar-refractivity contribution in [2.24, 2.45) is 5.41 Å². The molecule has 0 aromatic heterocycles. The number of carbonyl (C=O) groups excluding carboxylic acids is 2. The maximum absolute atomic E-state index is 12.4. The lowest BCUT2D eigenvalue weighted by atomic mass is 9.97. The molecule has 0 bridgehead atoms. The van der Waals surface area contributed by atoms with Crippen molar-refractivity contribution in [2.45, 2.75) is 59.3 Å². The SMILES string of the molecule is CC(C)(C)C(=O)OC(=O)C(=CC1=CCCC1)C1=CCCC1. The van der Waals surface area contributed by atoms with Gasteiger partial charge in [-0.05, 0) is 70.9 Å². The smallest absolute Gasteiger partial charge is 0.346 e. The topological polar surface area (TPSA) is 43.4 Å². The predicted molar refractivity (Wildman–Crippen MR) is 82.5 cm³/mol. The first-order valence-electron chi connectivity index (χ1n) is 7.74. The normalized spacial score (nSPS) is 19.3. The highest BCUT2D eigenvalue weighted by molar-refractivity contribution is 6.01. The Hall–Kier alpha value is -1.64. The summed E-state index contributed by atoms with van der Waals surface area (Å²) < 4.78 is 5.09. The second kappa shape index (κ2) is 6.42. The van der Waals surface area contributed by atoms with Crippen molar-refractivity contribution in [3.8, 4) is 0 Å². The molecule has 0 heterocycles. The second-order valence-electron chi connectivity index (χ2n) is 6.78. The summed E-state index contributed by atoms with van der Waals surface area (Å²) in [6.45, 7) is 5.25. The van der Waals surface area contributed by atoms with E-state index in [1.165, 1.54) is 5.57 Å². The lowest BCUT2D eigenvalue weighted by Gasteiger charge is -2.16. The molecular weight excluding hydrogens is 264 g/mol. The molecule has 2 rings (SSSR count). The minimum Gasteiger partial charge on any atom is -0.389 e. The number of hydrogen-bond donors (Lipinski definition) is 0. The van der Waals surface area contributed by atoms with Crippen LogP contribution in [0.15, 0.2) is 34.9 Å². The van der Waals surface area contributed by atoms with Crippen LogP contribution < -0.4 is 0 Å². The molecule has 2 aliphatic rings. The van der Waals surface area contributed by atoms with E-state index in [1.807, 2.05) is 6.08 Å². The molecular formula is C18H24O3. The Balaban J connectivity index is 2.19. The third kappa shape index (κ3) is 4.16. The molecule has 0 unspecified atom stereocenters. The summed E-state index contributed by atoms with van der Waals surface area (Å²) in [5.41, 5.74) is 2.10. The van der Waals surface area contributed by atoms with Gasteiger partial charge in [-0.15, -0.1) is 0 Å². The van der Waals surface area contributed by atoms with E-state index in [2.05, 4.69) is 12.2 Å². The summed E-state index contributed by atoms with van der Waals surface area (Å²) in [5.74, 6) is -0.978. The van der Waals surface area contributed by atoms with E-state index < -0.39 is 17.4 Å². The molecule has 0 atom stereocenters. The first-order valence-corrected chi connectivity index (χ1v) is 7.74. The molecule has 21 heavy (non-hydrogen) atoms. The Kier molecular flexibility index (Phi) is 4.81. The van der Waals surface area contributed by atoms with Crippen LogP contribution in [0, 0.1) is 5.41 Å². The maximum atomic E-state index is 12.4. The molecule has 0 aromatic rings. The quantitative estimate of drug-likeness (QED) is 0.443. The number of rotatable bonds is 3. The first kappa shape index (κ1) is 15.7. The number of carbonyl (C=O) groups is 2. The summed E-state index contributed by atoms with van der Waals surface area (Å²) >= 11 is 0. The fourth-order valence-corrected chi connectivity index (χ4v) is 2.50. The van der Waals surface area contributed by atoms with E-state index in [0.717, 1.165) is 44.1 Å². The van der Waals surface area contributed by atoms with Crippen LogP contribution in [0.2, 0.25) is 0 Å². The number of ether oxygens (including phenoxy) is 1. The van der Waals surface area contributed by atoms with Crippen molar-refractivity contribution >= 4 is 11.9 Å². The van der Waals surface area contributed by atoms with Crippen molar-refractivity contribution in [1.29, 1.82) is 0 Å². The third-order valence-electron chi connectivity index (χ3n) is 3.81.